The van der Waals surface area contributed by atoms with E-state index in [4.69, 9.17) is 9.47 Å². The minimum atomic E-state index is -0.501. The minimum Gasteiger partial charge on any atom is -0.422 e. The van der Waals surface area contributed by atoms with Gasteiger partial charge in [-0.1, -0.05) is 60.7 Å². The molecule has 10 heteroatoms. The van der Waals surface area contributed by atoms with Gasteiger partial charge in [-0.25, -0.2) is 20.4 Å². The van der Waals surface area contributed by atoms with Crippen molar-refractivity contribution in [3.05, 3.63) is 131 Å². The lowest BCUT2D eigenvalue weighted by Crippen LogP contribution is -2.19. The average molecular weight is 591 g/mol. The third kappa shape index (κ3) is 9.88. The molecule has 2 amide bonds. The Labute approximate surface area is 254 Å². The molecular weight excluding hydrogens is 560 g/mol. The number of rotatable bonds is 13. The molecule has 0 radical (unpaired) electrons. The van der Waals surface area contributed by atoms with E-state index in [-0.39, 0.29) is 24.7 Å². The van der Waals surface area contributed by atoms with Crippen molar-refractivity contribution in [3.63, 3.8) is 0 Å². The van der Waals surface area contributed by atoms with Gasteiger partial charge in [0.2, 0.25) is 11.8 Å². The van der Waals surface area contributed by atoms with Crippen LogP contribution in [0.15, 0.2) is 119 Å². The number of esters is 2. The third-order valence-electron chi connectivity index (χ3n) is 6.11. The predicted octanol–water partition coefficient (Wildman–Crippen LogP) is 5.29. The molecule has 0 atom stereocenters. The fourth-order valence-corrected chi connectivity index (χ4v) is 3.86. The second-order valence-electron chi connectivity index (χ2n) is 9.38. The summed E-state index contributed by atoms with van der Waals surface area (Å²) in [5.41, 5.74) is 6.76. The van der Waals surface area contributed by atoms with Gasteiger partial charge in [0.1, 0.15) is 11.5 Å². The Morgan fingerprint density at radius 3 is 1.30 bits per heavy atom. The Morgan fingerprint density at radius 2 is 0.886 bits per heavy atom. The van der Waals surface area contributed by atoms with Crippen LogP contribution >= 0.6 is 0 Å². The summed E-state index contributed by atoms with van der Waals surface area (Å²) in [6.07, 6.45) is 4.05. The second kappa shape index (κ2) is 16.5. The number of unbranched alkanes of at least 4 members (excludes halogenated alkanes) is 1. The van der Waals surface area contributed by atoms with E-state index < -0.39 is 11.9 Å². The Kier molecular flexibility index (Phi) is 11.7. The molecule has 0 spiro atoms. The van der Waals surface area contributed by atoms with Crippen LogP contribution in [0.25, 0.3) is 0 Å². The average Bonchev–Trinajstić information content (AvgIpc) is 3.05. The standard InChI is InChI=1S/C34H30N4O6/c39-31(37-35-23-27-17-7-9-19-29(27)43-33(41)25-13-3-1-4-14-25)21-11-12-22-32(40)38-36-24-28-18-8-10-20-30(28)44-34(42)26-15-5-2-6-16-26/h1-10,13-20,23-24H,11-12,21-22H2,(H,37,39)(H,38,40)/b35-23-,36-24-. The van der Waals surface area contributed by atoms with Gasteiger partial charge < -0.3 is 9.47 Å². The van der Waals surface area contributed by atoms with Crippen molar-refractivity contribution >= 4 is 36.2 Å². The summed E-state index contributed by atoms with van der Waals surface area (Å²) in [7, 11) is 0. The highest BCUT2D eigenvalue weighted by Gasteiger charge is 2.12. The first-order chi connectivity index (χ1) is 21.5. The topological polar surface area (TPSA) is 136 Å². The van der Waals surface area contributed by atoms with E-state index in [1.165, 1.54) is 12.4 Å². The van der Waals surface area contributed by atoms with Crippen LogP contribution in [-0.4, -0.2) is 36.2 Å². The van der Waals surface area contributed by atoms with E-state index in [9.17, 15) is 19.2 Å². The second-order valence-corrected chi connectivity index (χ2v) is 9.38. The van der Waals surface area contributed by atoms with Crippen LogP contribution in [0, 0.1) is 0 Å². The molecule has 0 aliphatic heterocycles. The highest BCUT2D eigenvalue weighted by molar-refractivity contribution is 5.94. The number of amides is 2. The lowest BCUT2D eigenvalue weighted by molar-refractivity contribution is -0.123. The summed E-state index contributed by atoms with van der Waals surface area (Å²) >= 11 is 0. The maximum atomic E-state index is 12.4. The fraction of sp³-hybridized carbons (Fsp3) is 0.118. The molecule has 0 heterocycles. The van der Waals surface area contributed by atoms with Crippen molar-refractivity contribution in [1.82, 2.24) is 10.9 Å². The molecule has 4 aromatic rings. The number of carbonyl (C=O) groups excluding carboxylic acids is 4. The molecule has 0 aromatic heterocycles. The number of benzene rings is 4. The van der Waals surface area contributed by atoms with Gasteiger partial charge in [-0.3, -0.25) is 9.59 Å². The zero-order valence-electron chi connectivity index (χ0n) is 23.7. The van der Waals surface area contributed by atoms with Crippen molar-refractivity contribution in [2.45, 2.75) is 25.7 Å². The van der Waals surface area contributed by atoms with Crippen LogP contribution < -0.4 is 20.3 Å². The third-order valence-corrected chi connectivity index (χ3v) is 6.11. The van der Waals surface area contributed by atoms with Gasteiger partial charge in [-0.2, -0.15) is 10.2 Å². The van der Waals surface area contributed by atoms with E-state index >= 15 is 0 Å². The normalized spacial score (nSPS) is 10.8. The summed E-state index contributed by atoms with van der Waals surface area (Å²) in [6.45, 7) is 0. The largest absolute Gasteiger partial charge is 0.422 e. The van der Waals surface area contributed by atoms with Crippen LogP contribution in [-0.2, 0) is 9.59 Å². The number of hydrazone groups is 2. The molecule has 10 nitrogen and oxygen atoms in total. The molecule has 0 fully saturated rings. The van der Waals surface area contributed by atoms with Crippen molar-refractivity contribution in [2.75, 3.05) is 0 Å². The molecule has 222 valence electrons. The first kappa shape index (κ1) is 31.0. The molecule has 0 aliphatic rings. The smallest absolute Gasteiger partial charge is 0.343 e. The van der Waals surface area contributed by atoms with Gasteiger partial charge in [0, 0.05) is 24.0 Å². The van der Waals surface area contributed by atoms with E-state index in [0.29, 0.717) is 46.6 Å². The van der Waals surface area contributed by atoms with Crippen molar-refractivity contribution in [2.24, 2.45) is 10.2 Å². The summed E-state index contributed by atoms with van der Waals surface area (Å²) in [6, 6.07) is 30.9. The Hall–Kier alpha value is -5.90. The molecule has 4 rings (SSSR count). The minimum absolute atomic E-state index is 0.165. The van der Waals surface area contributed by atoms with Crippen molar-refractivity contribution in [3.8, 4) is 11.5 Å². The van der Waals surface area contributed by atoms with Gasteiger partial charge in [0.05, 0.1) is 23.6 Å². The number of ether oxygens (including phenoxy) is 2. The van der Waals surface area contributed by atoms with E-state index in [2.05, 4.69) is 21.1 Å². The summed E-state index contributed by atoms with van der Waals surface area (Å²) in [5.74, 6) is -1.02. The molecule has 2 N–H and O–H groups in total. The van der Waals surface area contributed by atoms with Gasteiger partial charge >= 0.3 is 11.9 Å². The highest BCUT2D eigenvalue weighted by atomic mass is 16.5. The predicted molar refractivity (Wildman–Crippen MR) is 166 cm³/mol. The maximum Gasteiger partial charge on any atom is 0.343 e. The number of para-hydroxylation sites is 2. The number of hydrogen-bond donors (Lipinski definition) is 2. The van der Waals surface area contributed by atoms with Crippen molar-refractivity contribution < 1.29 is 28.7 Å². The highest BCUT2D eigenvalue weighted by Crippen LogP contribution is 2.19. The van der Waals surface area contributed by atoms with E-state index in [0.717, 1.165) is 0 Å². The van der Waals surface area contributed by atoms with Crippen LogP contribution in [0.4, 0.5) is 0 Å². The molecule has 44 heavy (non-hydrogen) atoms. The van der Waals surface area contributed by atoms with Crippen LogP contribution in [0.5, 0.6) is 11.5 Å². The van der Waals surface area contributed by atoms with Crippen LogP contribution in [0.1, 0.15) is 57.5 Å². The number of hydrogen-bond acceptors (Lipinski definition) is 8. The molecule has 0 unspecified atom stereocenters. The number of nitrogens with zero attached hydrogens (tertiary/aromatic N) is 2. The lowest BCUT2D eigenvalue weighted by Gasteiger charge is -2.07. The molecule has 0 bridgehead atoms. The molecule has 0 aliphatic carbocycles. The fourth-order valence-electron chi connectivity index (χ4n) is 3.86. The summed E-state index contributed by atoms with van der Waals surface area (Å²) < 4.78 is 10.9. The summed E-state index contributed by atoms with van der Waals surface area (Å²) in [5, 5.41) is 7.92. The SMILES string of the molecule is O=C(CCCCC(=O)N/N=C\c1ccccc1OC(=O)c1ccccc1)N/N=C\c1ccccc1OC(=O)c1ccccc1. The van der Waals surface area contributed by atoms with Gasteiger partial charge in [0.25, 0.3) is 0 Å². The zero-order valence-corrected chi connectivity index (χ0v) is 23.7. The van der Waals surface area contributed by atoms with E-state index in [1.807, 2.05) is 12.1 Å². The first-order valence-electron chi connectivity index (χ1n) is 13.9. The van der Waals surface area contributed by atoms with Gasteiger partial charge in [0.15, 0.2) is 0 Å². The van der Waals surface area contributed by atoms with Gasteiger partial charge in [-0.05, 0) is 61.4 Å². The molecule has 4 aromatic carbocycles. The maximum absolute atomic E-state index is 12.4. The lowest BCUT2D eigenvalue weighted by atomic mass is 10.2. The van der Waals surface area contributed by atoms with Crippen LogP contribution in [0.2, 0.25) is 0 Å². The number of nitrogens with one attached hydrogen (secondary N) is 2. The quantitative estimate of drug-likeness (QED) is 0.0715. The molecule has 0 saturated carbocycles. The monoisotopic (exact) mass is 590 g/mol. The first-order valence-corrected chi connectivity index (χ1v) is 13.9. The van der Waals surface area contributed by atoms with Gasteiger partial charge in [-0.15, -0.1) is 0 Å². The van der Waals surface area contributed by atoms with Crippen LogP contribution in [0.3, 0.4) is 0 Å². The molecular formula is C34H30N4O6. The Balaban J connectivity index is 1.16. The zero-order chi connectivity index (χ0) is 31.0. The molecule has 0 saturated heterocycles. The van der Waals surface area contributed by atoms with Crippen molar-refractivity contribution in [1.29, 1.82) is 0 Å². The Morgan fingerprint density at radius 1 is 0.523 bits per heavy atom. The summed E-state index contributed by atoms with van der Waals surface area (Å²) in [4.78, 5) is 49.1. The van der Waals surface area contributed by atoms with E-state index in [1.54, 1.807) is 97.1 Å². The number of carbonyl (C=O) groups is 4. The Bertz CT molecular complexity index is 1520.